The Morgan fingerprint density at radius 1 is 0.971 bits per heavy atom. The number of para-hydroxylation sites is 1. The topological polar surface area (TPSA) is 66.5 Å². The Kier molecular flexibility index (Phi) is 6.08. The maximum absolute atomic E-state index is 12.5. The number of ether oxygens (including phenoxy) is 1. The molecule has 1 amide bonds. The largest absolute Gasteiger partial charge is 0.489 e. The molecule has 0 bridgehead atoms. The lowest BCUT2D eigenvalue weighted by atomic mass is 10.1. The van der Waals surface area contributed by atoms with Crippen LogP contribution >= 0.6 is 0 Å². The Morgan fingerprint density at radius 3 is 2.62 bits per heavy atom. The van der Waals surface area contributed by atoms with Crippen LogP contribution in [0.3, 0.4) is 0 Å². The molecule has 0 atom stereocenters. The molecular weight excluding hydrogens is 422 g/mol. The number of H-pyrrole nitrogens is 1. The van der Waals surface area contributed by atoms with Gasteiger partial charge in [0.05, 0.1) is 6.21 Å². The van der Waals surface area contributed by atoms with Crippen LogP contribution in [0, 0.1) is 0 Å². The lowest BCUT2D eigenvalue weighted by molar-refractivity contribution is 0.0955. The van der Waals surface area contributed by atoms with Gasteiger partial charge in [0, 0.05) is 28.2 Å². The van der Waals surface area contributed by atoms with Gasteiger partial charge in [0.15, 0.2) is 0 Å². The summed E-state index contributed by atoms with van der Waals surface area (Å²) in [5.41, 5.74) is 7.44. The Morgan fingerprint density at radius 2 is 1.79 bits per heavy atom. The number of rotatable bonds is 7. The number of benzene rings is 4. The number of aryl methyl sites for hydroxylation is 1. The summed E-state index contributed by atoms with van der Waals surface area (Å²) in [7, 11) is 0. The highest BCUT2D eigenvalue weighted by Gasteiger charge is 2.07. The van der Waals surface area contributed by atoms with Crippen molar-refractivity contribution >= 4 is 33.8 Å². The van der Waals surface area contributed by atoms with Crippen molar-refractivity contribution in [3.8, 4) is 5.75 Å². The first kappa shape index (κ1) is 21.5. The maximum Gasteiger partial charge on any atom is 0.271 e. The van der Waals surface area contributed by atoms with E-state index < -0.39 is 0 Å². The standard InChI is InChI=1S/C29H25N3O2/c1-2-21-8-5-9-27-25(17-30-28(21)27)18-31-32-29(33)23-12-10-20(11-13-23)19-34-26-15-14-22-6-3-4-7-24(22)16-26/h3-18,30H,2,19H2,1H3,(H,32,33)/b31-18+. The summed E-state index contributed by atoms with van der Waals surface area (Å²) in [4.78, 5) is 15.8. The molecule has 0 spiro atoms. The predicted molar refractivity (Wildman–Crippen MR) is 137 cm³/mol. The van der Waals surface area contributed by atoms with Crippen LogP contribution in [-0.2, 0) is 13.0 Å². The molecule has 0 aliphatic rings. The monoisotopic (exact) mass is 447 g/mol. The van der Waals surface area contributed by atoms with Gasteiger partial charge in [-0.15, -0.1) is 0 Å². The van der Waals surface area contributed by atoms with Gasteiger partial charge in [-0.1, -0.05) is 67.6 Å². The van der Waals surface area contributed by atoms with E-state index in [1.165, 1.54) is 10.9 Å². The summed E-state index contributed by atoms with van der Waals surface area (Å²) in [5.74, 6) is 0.561. The molecule has 5 heteroatoms. The normalized spacial score (nSPS) is 11.3. The van der Waals surface area contributed by atoms with Gasteiger partial charge in [0.2, 0.25) is 0 Å². The molecule has 0 unspecified atom stereocenters. The van der Waals surface area contributed by atoms with E-state index in [-0.39, 0.29) is 5.91 Å². The Labute approximate surface area is 198 Å². The second kappa shape index (κ2) is 9.63. The molecule has 5 aromatic rings. The second-order valence-corrected chi connectivity index (χ2v) is 8.13. The second-order valence-electron chi connectivity index (χ2n) is 8.13. The van der Waals surface area contributed by atoms with Crippen molar-refractivity contribution in [1.29, 1.82) is 0 Å². The molecule has 0 fully saturated rings. The number of hydrogen-bond donors (Lipinski definition) is 2. The molecule has 0 aliphatic heterocycles. The zero-order valence-electron chi connectivity index (χ0n) is 18.9. The minimum absolute atomic E-state index is 0.257. The van der Waals surface area contributed by atoms with E-state index in [1.54, 1.807) is 18.3 Å². The van der Waals surface area contributed by atoms with Crippen LogP contribution < -0.4 is 10.2 Å². The molecule has 0 saturated heterocycles. The van der Waals surface area contributed by atoms with Crippen molar-refractivity contribution in [2.45, 2.75) is 20.0 Å². The van der Waals surface area contributed by atoms with E-state index in [2.05, 4.69) is 46.7 Å². The smallest absolute Gasteiger partial charge is 0.271 e. The molecule has 2 N–H and O–H groups in total. The van der Waals surface area contributed by atoms with E-state index in [1.807, 2.05) is 54.7 Å². The molecule has 168 valence electrons. The van der Waals surface area contributed by atoms with E-state index >= 15 is 0 Å². The van der Waals surface area contributed by atoms with Gasteiger partial charge in [-0.3, -0.25) is 4.79 Å². The first-order chi connectivity index (χ1) is 16.7. The van der Waals surface area contributed by atoms with Crippen molar-refractivity contribution in [2.24, 2.45) is 5.10 Å². The highest BCUT2D eigenvalue weighted by molar-refractivity contribution is 6.01. The SMILES string of the molecule is CCc1cccc2c(/C=N/NC(=O)c3ccc(COc4ccc5ccccc5c4)cc3)c[nH]c12. The van der Waals surface area contributed by atoms with Crippen LogP contribution in [0.4, 0.5) is 0 Å². The molecule has 34 heavy (non-hydrogen) atoms. The highest BCUT2D eigenvalue weighted by atomic mass is 16.5. The lowest BCUT2D eigenvalue weighted by Crippen LogP contribution is -2.17. The van der Waals surface area contributed by atoms with Crippen molar-refractivity contribution in [3.63, 3.8) is 0 Å². The number of aromatic amines is 1. The highest BCUT2D eigenvalue weighted by Crippen LogP contribution is 2.22. The van der Waals surface area contributed by atoms with Crippen LogP contribution in [0.25, 0.3) is 21.7 Å². The molecule has 5 rings (SSSR count). The van der Waals surface area contributed by atoms with Gasteiger partial charge in [0.25, 0.3) is 5.91 Å². The average Bonchev–Trinajstić information content (AvgIpc) is 3.31. The van der Waals surface area contributed by atoms with Gasteiger partial charge in [-0.2, -0.15) is 5.10 Å². The third kappa shape index (κ3) is 4.55. The summed E-state index contributed by atoms with van der Waals surface area (Å²) in [6, 6.07) is 27.8. The van der Waals surface area contributed by atoms with Crippen molar-refractivity contribution in [2.75, 3.05) is 0 Å². The molecule has 1 heterocycles. The Bertz CT molecular complexity index is 1480. The van der Waals surface area contributed by atoms with Gasteiger partial charge in [0.1, 0.15) is 12.4 Å². The van der Waals surface area contributed by atoms with E-state index in [0.717, 1.165) is 39.6 Å². The predicted octanol–water partition coefficient (Wildman–Crippen LogP) is 6.23. The third-order valence-corrected chi connectivity index (χ3v) is 5.93. The van der Waals surface area contributed by atoms with Crippen molar-refractivity contribution in [3.05, 3.63) is 113 Å². The van der Waals surface area contributed by atoms with Crippen molar-refractivity contribution in [1.82, 2.24) is 10.4 Å². The maximum atomic E-state index is 12.5. The fourth-order valence-electron chi connectivity index (χ4n) is 4.04. The minimum Gasteiger partial charge on any atom is -0.489 e. The van der Waals surface area contributed by atoms with Crippen LogP contribution in [0.15, 0.2) is 96.2 Å². The molecular formula is C29H25N3O2. The minimum atomic E-state index is -0.257. The summed E-state index contributed by atoms with van der Waals surface area (Å²) in [6.07, 6.45) is 4.53. The van der Waals surface area contributed by atoms with Crippen LogP contribution in [0.5, 0.6) is 5.75 Å². The number of nitrogens with one attached hydrogen (secondary N) is 2. The van der Waals surface area contributed by atoms with Gasteiger partial charge >= 0.3 is 0 Å². The van der Waals surface area contributed by atoms with Crippen LogP contribution in [0.2, 0.25) is 0 Å². The molecule has 1 aromatic heterocycles. The first-order valence-electron chi connectivity index (χ1n) is 11.3. The summed E-state index contributed by atoms with van der Waals surface area (Å²) in [5, 5.41) is 7.57. The molecule has 0 aliphatic carbocycles. The molecule has 5 nitrogen and oxygen atoms in total. The van der Waals surface area contributed by atoms with E-state index in [4.69, 9.17) is 4.74 Å². The Balaban J connectivity index is 1.19. The summed E-state index contributed by atoms with van der Waals surface area (Å²) >= 11 is 0. The van der Waals surface area contributed by atoms with E-state index in [0.29, 0.717) is 12.2 Å². The average molecular weight is 448 g/mol. The number of aromatic nitrogens is 1. The van der Waals surface area contributed by atoms with Crippen LogP contribution in [0.1, 0.15) is 34.0 Å². The quantitative estimate of drug-likeness (QED) is 0.230. The number of hydrazone groups is 1. The number of fused-ring (bicyclic) bond motifs is 2. The number of amides is 1. The van der Waals surface area contributed by atoms with E-state index in [9.17, 15) is 4.79 Å². The Hall–Kier alpha value is -4.38. The molecule has 0 saturated carbocycles. The fourth-order valence-corrected chi connectivity index (χ4v) is 4.04. The van der Waals surface area contributed by atoms with Gasteiger partial charge < -0.3 is 9.72 Å². The van der Waals surface area contributed by atoms with Crippen molar-refractivity contribution < 1.29 is 9.53 Å². The van der Waals surface area contributed by atoms with Crippen LogP contribution in [-0.4, -0.2) is 17.1 Å². The van der Waals surface area contributed by atoms with Gasteiger partial charge in [-0.05, 0) is 52.6 Å². The first-order valence-corrected chi connectivity index (χ1v) is 11.3. The molecule has 0 radical (unpaired) electrons. The zero-order chi connectivity index (χ0) is 23.3. The summed E-state index contributed by atoms with van der Waals surface area (Å²) in [6.45, 7) is 2.56. The van der Waals surface area contributed by atoms with Gasteiger partial charge in [-0.25, -0.2) is 5.43 Å². The number of carbonyl (C=O) groups is 1. The number of nitrogens with zero attached hydrogens (tertiary/aromatic N) is 1. The zero-order valence-corrected chi connectivity index (χ0v) is 18.9. The summed E-state index contributed by atoms with van der Waals surface area (Å²) < 4.78 is 5.93. The fraction of sp³-hybridized carbons (Fsp3) is 0.103. The number of carbonyl (C=O) groups excluding carboxylic acids is 1. The lowest BCUT2D eigenvalue weighted by Gasteiger charge is -2.08. The third-order valence-electron chi connectivity index (χ3n) is 5.93. The number of hydrogen-bond acceptors (Lipinski definition) is 3. The molecule has 4 aromatic carbocycles.